The van der Waals surface area contributed by atoms with Crippen molar-refractivity contribution < 1.29 is 8.96 Å². The first-order chi connectivity index (χ1) is 15.5. The summed E-state index contributed by atoms with van der Waals surface area (Å²) in [4.78, 5) is 4.26. The molecule has 0 aliphatic rings. The Balaban J connectivity index is 1.76. The van der Waals surface area contributed by atoms with Crippen molar-refractivity contribution in [2.24, 2.45) is 7.05 Å². The molecule has 2 heterocycles. The number of nitrogens with zero attached hydrogens (tertiary/aromatic N) is 2. The topological polar surface area (TPSA) is 16.8 Å². The predicted molar refractivity (Wildman–Crippen MR) is 129 cm³/mol. The molecule has 0 bridgehead atoms. The van der Waals surface area contributed by atoms with E-state index in [0.717, 1.165) is 50.0 Å². The van der Waals surface area contributed by atoms with Gasteiger partial charge in [0.25, 0.3) is 0 Å². The summed E-state index contributed by atoms with van der Waals surface area (Å²) >= 11 is 0. The Bertz CT molecular complexity index is 1440. The lowest BCUT2D eigenvalue weighted by Crippen LogP contribution is -2.35. The first kappa shape index (κ1) is 20.1. The number of benzene rings is 3. The molecular formula is C29H24FN2+. The minimum absolute atomic E-state index is 0.198. The largest absolute Gasteiger partial charge is 0.264 e. The molecule has 0 saturated heterocycles. The predicted octanol–water partition coefficient (Wildman–Crippen LogP) is 6.82. The molecule has 0 N–H and O–H groups in total. The summed E-state index contributed by atoms with van der Waals surface area (Å²) in [7, 11) is 2.07. The van der Waals surface area contributed by atoms with Gasteiger partial charge in [-0.05, 0) is 59.3 Å². The van der Waals surface area contributed by atoms with Crippen LogP contribution in [-0.2, 0) is 7.05 Å². The molecule has 5 rings (SSSR count). The molecule has 32 heavy (non-hydrogen) atoms. The van der Waals surface area contributed by atoms with E-state index in [1.165, 1.54) is 0 Å². The molecule has 0 atom stereocenters. The van der Waals surface area contributed by atoms with Crippen molar-refractivity contribution in [2.75, 3.05) is 0 Å². The Morgan fingerprint density at radius 1 is 0.750 bits per heavy atom. The standard InChI is InChI=1S/C29H24FN2/c1-19-14-28(30)27(21-8-5-4-6-9-21)17-26(19)29-25-12-11-22(23-10-7-13-31-18-23)16-24(25)15-20(2)32(29)3/h4-18H,1-3H3/q+1. The highest BCUT2D eigenvalue weighted by Gasteiger charge is 2.22. The van der Waals surface area contributed by atoms with Crippen LogP contribution in [0, 0.1) is 19.7 Å². The Labute approximate surface area is 187 Å². The summed E-state index contributed by atoms with van der Waals surface area (Å²) in [5, 5.41) is 2.29. The lowest BCUT2D eigenvalue weighted by Gasteiger charge is -2.13. The van der Waals surface area contributed by atoms with Gasteiger partial charge < -0.3 is 0 Å². The molecule has 0 aliphatic heterocycles. The number of halogens is 1. The molecule has 2 aromatic heterocycles. The first-order valence-corrected chi connectivity index (χ1v) is 10.7. The van der Waals surface area contributed by atoms with Gasteiger partial charge in [-0.2, -0.15) is 4.57 Å². The SMILES string of the molecule is Cc1cc(F)c(-c2ccccc2)cc1-c1c2ccc(-c3cccnc3)cc2cc(C)[n+]1C. The highest BCUT2D eigenvalue weighted by molar-refractivity contribution is 5.97. The third-order valence-corrected chi connectivity index (χ3v) is 6.18. The zero-order valence-electron chi connectivity index (χ0n) is 18.4. The van der Waals surface area contributed by atoms with Crippen LogP contribution in [0.4, 0.5) is 4.39 Å². The third-order valence-electron chi connectivity index (χ3n) is 6.18. The molecule has 5 aromatic rings. The minimum atomic E-state index is -0.198. The maximum absolute atomic E-state index is 15.0. The van der Waals surface area contributed by atoms with Crippen LogP contribution in [0.1, 0.15) is 11.3 Å². The quantitative estimate of drug-likeness (QED) is 0.293. The van der Waals surface area contributed by atoms with E-state index in [0.29, 0.717) is 5.56 Å². The maximum atomic E-state index is 15.0. The molecule has 0 amide bonds. The zero-order chi connectivity index (χ0) is 22.2. The summed E-state index contributed by atoms with van der Waals surface area (Å²) in [6.07, 6.45) is 3.67. The van der Waals surface area contributed by atoms with Gasteiger partial charge in [0.15, 0.2) is 5.69 Å². The van der Waals surface area contributed by atoms with Crippen molar-refractivity contribution in [3.63, 3.8) is 0 Å². The fraction of sp³-hybridized carbons (Fsp3) is 0.103. The number of fused-ring (bicyclic) bond motifs is 1. The summed E-state index contributed by atoms with van der Waals surface area (Å²) in [5.41, 5.74) is 7.90. The van der Waals surface area contributed by atoms with Crippen LogP contribution >= 0.6 is 0 Å². The van der Waals surface area contributed by atoms with E-state index < -0.39 is 0 Å². The molecule has 156 valence electrons. The Hall–Kier alpha value is -3.85. The minimum Gasteiger partial charge on any atom is -0.264 e. The smallest absolute Gasteiger partial charge is 0.220 e. The number of hydrogen-bond donors (Lipinski definition) is 0. The average molecular weight is 420 g/mol. The van der Waals surface area contributed by atoms with Gasteiger partial charge in [0.2, 0.25) is 5.69 Å². The second-order valence-corrected chi connectivity index (χ2v) is 8.25. The molecule has 0 fully saturated rings. The van der Waals surface area contributed by atoms with Gasteiger partial charge in [-0.3, -0.25) is 4.98 Å². The van der Waals surface area contributed by atoms with Crippen LogP contribution < -0.4 is 4.57 Å². The van der Waals surface area contributed by atoms with Crippen LogP contribution in [0.2, 0.25) is 0 Å². The van der Waals surface area contributed by atoms with E-state index in [1.807, 2.05) is 55.6 Å². The van der Waals surface area contributed by atoms with Crippen molar-refractivity contribution in [1.82, 2.24) is 4.98 Å². The normalized spacial score (nSPS) is 11.1. The van der Waals surface area contributed by atoms with E-state index in [9.17, 15) is 4.39 Å². The first-order valence-electron chi connectivity index (χ1n) is 10.7. The number of aromatic nitrogens is 2. The summed E-state index contributed by atoms with van der Waals surface area (Å²) in [5.74, 6) is -0.198. The molecule has 2 nitrogen and oxygen atoms in total. The van der Waals surface area contributed by atoms with Gasteiger partial charge in [0.1, 0.15) is 12.9 Å². The van der Waals surface area contributed by atoms with Crippen LogP contribution in [-0.4, -0.2) is 4.98 Å². The number of rotatable bonds is 3. The Morgan fingerprint density at radius 2 is 1.53 bits per heavy atom. The fourth-order valence-corrected chi connectivity index (χ4v) is 4.38. The molecule has 0 unspecified atom stereocenters. The zero-order valence-corrected chi connectivity index (χ0v) is 18.4. The average Bonchev–Trinajstić information content (AvgIpc) is 2.81. The number of pyridine rings is 2. The summed E-state index contributed by atoms with van der Waals surface area (Å²) in [6, 6.07) is 26.1. The van der Waals surface area contributed by atoms with E-state index in [2.05, 4.69) is 53.9 Å². The Kier molecular flexibility index (Phi) is 5.02. The van der Waals surface area contributed by atoms with Gasteiger partial charge in [0.05, 0.1) is 10.9 Å². The molecule has 0 saturated carbocycles. The summed E-state index contributed by atoms with van der Waals surface area (Å²) < 4.78 is 17.1. The van der Waals surface area contributed by atoms with Crippen LogP contribution in [0.25, 0.3) is 44.3 Å². The van der Waals surface area contributed by atoms with Gasteiger partial charge in [0, 0.05) is 36.5 Å². The van der Waals surface area contributed by atoms with Crippen LogP contribution in [0.5, 0.6) is 0 Å². The van der Waals surface area contributed by atoms with Crippen molar-refractivity contribution in [2.45, 2.75) is 13.8 Å². The summed E-state index contributed by atoms with van der Waals surface area (Å²) in [6.45, 7) is 4.09. The molecular weight excluding hydrogens is 395 g/mol. The highest BCUT2D eigenvalue weighted by Crippen LogP contribution is 2.35. The monoisotopic (exact) mass is 419 g/mol. The van der Waals surface area contributed by atoms with Crippen molar-refractivity contribution in [3.05, 3.63) is 108 Å². The molecule has 0 spiro atoms. The lowest BCUT2D eigenvalue weighted by atomic mass is 9.93. The van der Waals surface area contributed by atoms with Crippen molar-refractivity contribution in [1.29, 1.82) is 0 Å². The molecule has 0 aliphatic carbocycles. The van der Waals surface area contributed by atoms with E-state index in [1.54, 1.807) is 12.3 Å². The van der Waals surface area contributed by atoms with Gasteiger partial charge in [-0.25, -0.2) is 4.39 Å². The Morgan fingerprint density at radius 3 is 2.28 bits per heavy atom. The fourth-order valence-electron chi connectivity index (χ4n) is 4.38. The second kappa shape index (κ2) is 8.01. The lowest BCUT2D eigenvalue weighted by molar-refractivity contribution is -0.665. The van der Waals surface area contributed by atoms with E-state index in [-0.39, 0.29) is 5.82 Å². The highest BCUT2D eigenvalue weighted by atomic mass is 19.1. The number of aryl methyl sites for hydroxylation is 2. The van der Waals surface area contributed by atoms with Gasteiger partial charge >= 0.3 is 0 Å². The van der Waals surface area contributed by atoms with Crippen LogP contribution in [0.3, 0.4) is 0 Å². The number of hydrogen-bond acceptors (Lipinski definition) is 1. The third kappa shape index (κ3) is 3.46. The van der Waals surface area contributed by atoms with Crippen molar-refractivity contribution in [3.8, 4) is 33.5 Å². The van der Waals surface area contributed by atoms with E-state index >= 15 is 0 Å². The van der Waals surface area contributed by atoms with Gasteiger partial charge in [-0.1, -0.05) is 42.5 Å². The molecule has 0 radical (unpaired) electrons. The van der Waals surface area contributed by atoms with E-state index in [4.69, 9.17) is 0 Å². The van der Waals surface area contributed by atoms with Crippen molar-refractivity contribution >= 4 is 10.8 Å². The molecule has 3 heteroatoms. The van der Waals surface area contributed by atoms with Crippen LogP contribution in [0.15, 0.2) is 91.3 Å². The second-order valence-electron chi connectivity index (χ2n) is 8.25. The molecule has 3 aromatic carbocycles. The maximum Gasteiger partial charge on any atom is 0.220 e. The van der Waals surface area contributed by atoms with Gasteiger partial charge in [-0.15, -0.1) is 0 Å².